The molecule has 0 saturated heterocycles. The highest BCUT2D eigenvalue weighted by molar-refractivity contribution is 6.30. The normalized spacial score (nSPS) is 17.1. The van der Waals surface area contributed by atoms with Gasteiger partial charge in [0.15, 0.2) is 5.82 Å². The van der Waals surface area contributed by atoms with Crippen molar-refractivity contribution in [1.29, 1.82) is 0 Å². The molecule has 1 atom stereocenters. The Bertz CT molecular complexity index is 992. The topological polar surface area (TPSA) is 37.8 Å². The van der Waals surface area contributed by atoms with Gasteiger partial charge in [0.2, 0.25) is 0 Å². The summed E-state index contributed by atoms with van der Waals surface area (Å²) in [5.41, 5.74) is 4.49. The van der Waals surface area contributed by atoms with Crippen molar-refractivity contribution in [3.8, 4) is 11.4 Å². The zero-order valence-corrected chi connectivity index (χ0v) is 18.1. The number of aryl methyl sites for hydroxylation is 1. The number of fused-ring (bicyclic) bond motifs is 1. The van der Waals surface area contributed by atoms with Crippen LogP contribution >= 0.6 is 11.6 Å². The number of halogens is 2. The minimum Gasteiger partial charge on any atom is -0.340 e. The first-order chi connectivity index (χ1) is 13.9. The van der Waals surface area contributed by atoms with E-state index in [1.165, 1.54) is 12.1 Å². The maximum absolute atomic E-state index is 14.5. The van der Waals surface area contributed by atoms with E-state index in [0.29, 0.717) is 22.3 Å². The second-order valence-corrected chi connectivity index (χ2v) is 7.77. The van der Waals surface area contributed by atoms with Gasteiger partial charge in [-0.15, -0.1) is 0 Å². The van der Waals surface area contributed by atoms with Crippen molar-refractivity contribution in [2.45, 2.75) is 52.9 Å². The van der Waals surface area contributed by atoms with Gasteiger partial charge in [0.05, 0.1) is 11.3 Å². The molecule has 0 radical (unpaired) electrons. The Labute approximate surface area is 177 Å². The highest BCUT2D eigenvalue weighted by atomic mass is 35.5. The van der Waals surface area contributed by atoms with Crippen LogP contribution in [-0.2, 0) is 6.42 Å². The van der Waals surface area contributed by atoms with Crippen molar-refractivity contribution in [2.24, 2.45) is 0 Å². The van der Waals surface area contributed by atoms with Crippen LogP contribution in [0.5, 0.6) is 0 Å². The number of aromatic nitrogens is 2. The minimum atomic E-state index is -0.377. The molecule has 152 valence electrons. The fourth-order valence-electron chi connectivity index (χ4n) is 3.46. The summed E-state index contributed by atoms with van der Waals surface area (Å²) in [6.45, 7) is 8.35. The summed E-state index contributed by atoms with van der Waals surface area (Å²) >= 11 is 6.10. The van der Waals surface area contributed by atoms with Gasteiger partial charge >= 0.3 is 0 Å². The summed E-state index contributed by atoms with van der Waals surface area (Å²) in [5, 5.41) is 3.96. The van der Waals surface area contributed by atoms with Crippen LogP contribution < -0.4 is 5.32 Å². The predicted molar refractivity (Wildman–Crippen MR) is 120 cm³/mol. The predicted octanol–water partition coefficient (Wildman–Crippen LogP) is 7.21. The summed E-state index contributed by atoms with van der Waals surface area (Å²) in [6.07, 6.45) is 11.1. The van der Waals surface area contributed by atoms with Gasteiger partial charge in [-0.2, -0.15) is 0 Å². The lowest BCUT2D eigenvalue weighted by Gasteiger charge is -2.17. The summed E-state index contributed by atoms with van der Waals surface area (Å²) in [4.78, 5) is 9.43. The second kappa shape index (κ2) is 9.36. The molecular weight excluding hydrogens is 385 g/mol. The third-order valence-electron chi connectivity index (χ3n) is 5.25. The molecule has 3 rings (SSSR count). The lowest BCUT2D eigenvalue weighted by molar-refractivity contribution is 0.630. The molecule has 0 amide bonds. The Kier molecular flexibility index (Phi) is 6.86. The Morgan fingerprint density at radius 2 is 2.14 bits per heavy atom. The van der Waals surface area contributed by atoms with Gasteiger partial charge in [0.1, 0.15) is 11.6 Å². The smallest absolute Gasteiger partial charge is 0.164 e. The Balaban J connectivity index is 2.12. The van der Waals surface area contributed by atoms with Gasteiger partial charge in [0, 0.05) is 16.3 Å². The molecule has 1 aliphatic carbocycles. The average molecular weight is 412 g/mol. The summed E-state index contributed by atoms with van der Waals surface area (Å²) < 4.78 is 14.5. The van der Waals surface area contributed by atoms with Crippen LogP contribution in [0.3, 0.4) is 0 Å². The van der Waals surface area contributed by atoms with Gasteiger partial charge in [-0.3, -0.25) is 0 Å². The zero-order chi connectivity index (χ0) is 21.0. The lowest BCUT2D eigenvalue weighted by atomic mass is 10.0. The molecule has 0 aliphatic heterocycles. The van der Waals surface area contributed by atoms with E-state index in [-0.39, 0.29) is 5.82 Å². The SMILES string of the molecule is C\C=C(C)/C(=C\C=C\CC)Nc1nc(-c2cc(Cl)ccc2F)nc2c1C(C)CC2. The van der Waals surface area contributed by atoms with E-state index in [4.69, 9.17) is 16.6 Å². The van der Waals surface area contributed by atoms with Crippen molar-refractivity contribution < 1.29 is 4.39 Å². The third-order valence-corrected chi connectivity index (χ3v) is 5.48. The molecule has 1 N–H and O–H groups in total. The van der Waals surface area contributed by atoms with Crippen molar-refractivity contribution >= 4 is 17.4 Å². The van der Waals surface area contributed by atoms with Crippen LogP contribution in [0.4, 0.5) is 10.2 Å². The molecule has 0 spiro atoms. The molecule has 1 unspecified atom stereocenters. The number of rotatable bonds is 6. The number of hydrogen-bond acceptors (Lipinski definition) is 3. The van der Waals surface area contributed by atoms with Gasteiger partial charge in [-0.25, -0.2) is 14.4 Å². The van der Waals surface area contributed by atoms with Gasteiger partial charge in [-0.1, -0.05) is 43.7 Å². The van der Waals surface area contributed by atoms with E-state index in [0.717, 1.165) is 47.6 Å². The van der Waals surface area contributed by atoms with Crippen molar-refractivity contribution in [3.63, 3.8) is 0 Å². The maximum atomic E-state index is 14.5. The Morgan fingerprint density at radius 1 is 1.34 bits per heavy atom. The molecule has 0 saturated carbocycles. The first kappa shape index (κ1) is 21.3. The first-order valence-corrected chi connectivity index (χ1v) is 10.5. The van der Waals surface area contributed by atoms with Crippen LogP contribution in [0.15, 0.2) is 53.8 Å². The summed E-state index contributed by atoms with van der Waals surface area (Å²) in [7, 11) is 0. The van der Waals surface area contributed by atoms with Gasteiger partial charge in [-0.05, 0) is 68.9 Å². The fourth-order valence-corrected chi connectivity index (χ4v) is 3.63. The Morgan fingerprint density at radius 3 is 2.86 bits per heavy atom. The van der Waals surface area contributed by atoms with E-state index in [9.17, 15) is 4.39 Å². The number of nitrogens with zero attached hydrogens (tertiary/aromatic N) is 2. The first-order valence-electron chi connectivity index (χ1n) is 10.1. The summed E-state index contributed by atoms with van der Waals surface area (Å²) in [6, 6.07) is 4.47. The van der Waals surface area contributed by atoms with E-state index < -0.39 is 0 Å². The van der Waals surface area contributed by atoms with E-state index in [2.05, 4.69) is 43.2 Å². The number of allylic oxidation sites excluding steroid dienone is 5. The van der Waals surface area contributed by atoms with E-state index in [1.54, 1.807) is 6.07 Å². The quantitative estimate of drug-likeness (QED) is 0.510. The fraction of sp³-hybridized carbons (Fsp3) is 0.333. The molecule has 0 bridgehead atoms. The maximum Gasteiger partial charge on any atom is 0.164 e. The monoisotopic (exact) mass is 411 g/mol. The molecule has 1 heterocycles. The number of benzene rings is 1. The number of hydrogen-bond donors (Lipinski definition) is 1. The average Bonchev–Trinajstić information content (AvgIpc) is 3.09. The molecule has 2 aromatic rings. The molecule has 1 aliphatic rings. The van der Waals surface area contributed by atoms with Crippen LogP contribution in [0.1, 0.15) is 57.7 Å². The van der Waals surface area contributed by atoms with Gasteiger partial charge in [0.25, 0.3) is 0 Å². The van der Waals surface area contributed by atoms with Gasteiger partial charge < -0.3 is 5.32 Å². The molecule has 3 nitrogen and oxygen atoms in total. The summed E-state index contributed by atoms with van der Waals surface area (Å²) in [5.74, 6) is 1.08. The van der Waals surface area contributed by atoms with Crippen LogP contribution in [0.25, 0.3) is 11.4 Å². The molecule has 0 fully saturated rings. The molecular formula is C24H27ClFN3. The third kappa shape index (κ3) is 4.76. The minimum absolute atomic E-state index is 0.321. The molecule has 1 aromatic carbocycles. The van der Waals surface area contributed by atoms with Crippen LogP contribution in [0, 0.1) is 5.82 Å². The van der Waals surface area contributed by atoms with Crippen LogP contribution in [-0.4, -0.2) is 9.97 Å². The van der Waals surface area contributed by atoms with E-state index in [1.807, 2.05) is 19.1 Å². The largest absolute Gasteiger partial charge is 0.340 e. The number of nitrogens with one attached hydrogen (secondary N) is 1. The van der Waals surface area contributed by atoms with Crippen molar-refractivity contribution in [2.75, 3.05) is 5.32 Å². The van der Waals surface area contributed by atoms with Crippen molar-refractivity contribution in [3.05, 3.63) is 75.9 Å². The standard InChI is InChI=1S/C24H27ClFN3/c1-5-7-8-9-20(15(3)6-2)27-24-22-16(4)10-13-21(22)28-23(29-24)18-14-17(25)11-12-19(18)26/h6-9,11-12,14,16H,5,10,13H2,1-4H3,(H,27,28,29)/b8-7+,15-6-,20-9+. The number of anilines is 1. The lowest BCUT2D eigenvalue weighted by Crippen LogP contribution is -2.09. The second-order valence-electron chi connectivity index (χ2n) is 7.33. The van der Waals surface area contributed by atoms with Crippen LogP contribution in [0.2, 0.25) is 5.02 Å². The highest BCUT2D eigenvalue weighted by Gasteiger charge is 2.27. The molecule has 5 heteroatoms. The Hall–Kier alpha value is -2.46. The molecule has 1 aromatic heterocycles. The molecule has 29 heavy (non-hydrogen) atoms. The van der Waals surface area contributed by atoms with E-state index >= 15 is 0 Å². The van der Waals surface area contributed by atoms with Crippen molar-refractivity contribution in [1.82, 2.24) is 9.97 Å². The zero-order valence-electron chi connectivity index (χ0n) is 17.4. The highest BCUT2D eigenvalue weighted by Crippen LogP contribution is 2.38.